The number of aromatic nitrogens is 1. The normalized spacial score (nSPS) is 18.7. The van der Waals surface area contributed by atoms with E-state index in [0.717, 1.165) is 5.69 Å². The lowest BCUT2D eigenvalue weighted by molar-refractivity contribution is -0.140. The molecule has 1 aromatic rings. The average molecular weight is 267 g/mol. The summed E-state index contributed by atoms with van der Waals surface area (Å²) in [4.78, 5) is 28.3. The van der Waals surface area contributed by atoms with Gasteiger partial charge in [-0.05, 0) is 19.1 Å². The molecule has 1 saturated heterocycles. The zero-order valence-corrected chi connectivity index (χ0v) is 10.6. The van der Waals surface area contributed by atoms with Crippen LogP contribution in [0.15, 0.2) is 18.3 Å². The third-order valence-electron chi connectivity index (χ3n) is 2.59. The van der Waals surface area contributed by atoms with Crippen molar-refractivity contribution in [1.82, 2.24) is 9.88 Å². The molecular weight excluding hydrogens is 254 g/mol. The molecule has 0 bridgehead atoms. The number of pyridine rings is 1. The van der Waals surface area contributed by atoms with E-state index in [1.807, 2.05) is 6.92 Å². The van der Waals surface area contributed by atoms with Crippen LogP contribution in [-0.4, -0.2) is 44.7 Å². The molecule has 1 aliphatic rings. The molecule has 1 aliphatic heterocycles. The largest absolute Gasteiger partial charge is 0.480 e. The summed E-state index contributed by atoms with van der Waals surface area (Å²) >= 11 is 1.43. The molecule has 2 rings (SSSR count). The summed E-state index contributed by atoms with van der Waals surface area (Å²) in [6.45, 7) is 1.85. The number of hydrogen-bond acceptors (Lipinski definition) is 4. The Hall–Kier alpha value is -1.76. The van der Waals surface area contributed by atoms with E-state index in [1.54, 1.807) is 18.3 Å². The van der Waals surface area contributed by atoms with Crippen LogP contribution < -0.4 is 5.32 Å². The van der Waals surface area contributed by atoms with E-state index >= 15 is 0 Å². The van der Waals surface area contributed by atoms with E-state index in [-0.39, 0.29) is 0 Å². The first kappa shape index (κ1) is 12.7. The molecule has 0 spiro atoms. The number of carbonyl (C=O) groups is 2. The summed E-state index contributed by atoms with van der Waals surface area (Å²) in [6, 6.07) is 2.36. The van der Waals surface area contributed by atoms with Gasteiger partial charge >= 0.3 is 12.0 Å². The highest BCUT2D eigenvalue weighted by Crippen LogP contribution is 2.22. The quantitative estimate of drug-likeness (QED) is 0.846. The maximum absolute atomic E-state index is 11.9. The third-order valence-corrected chi connectivity index (χ3v) is 3.60. The number of thioether (sulfide) groups is 1. The summed E-state index contributed by atoms with van der Waals surface area (Å²) in [6.07, 6.45) is 1.55. The van der Waals surface area contributed by atoms with Crippen LogP contribution in [0, 0.1) is 6.92 Å². The second-order valence-electron chi connectivity index (χ2n) is 3.94. The summed E-state index contributed by atoms with van der Waals surface area (Å²) in [7, 11) is 0. The number of aliphatic carboxylic acids is 1. The van der Waals surface area contributed by atoms with Gasteiger partial charge in [0.25, 0.3) is 0 Å². The number of carboxylic acid groups (broad SMARTS) is 1. The lowest BCUT2D eigenvalue weighted by atomic mass is 10.3. The van der Waals surface area contributed by atoms with Crippen LogP contribution in [-0.2, 0) is 4.79 Å². The van der Waals surface area contributed by atoms with Crippen LogP contribution in [0.3, 0.4) is 0 Å². The zero-order chi connectivity index (χ0) is 13.1. The van der Waals surface area contributed by atoms with Gasteiger partial charge in [0.05, 0.1) is 17.8 Å². The van der Waals surface area contributed by atoms with Crippen molar-refractivity contribution in [2.75, 3.05) is 16.9 Å². The Labute approximate surface area is 108 Å². The second kappa shape index (κ2) is 5.26. The van der Waals surface area contributed by atoms with E-state index in [1.165, 1.54) is 16.7 Å². The van der Waals surface area contributed by atoms with Crippen molar-refractivity contribution in [3.05, 3.63) is 24.0 Å². The van der Waals surface area contributed by atoms with Crippen molar-refractivity contribution in [1.29, 1.82) is 0 Å². The summed E-state index contributed by atoms with van der Waals surface area (Å²) in [5.41, 5.74) is 1.42. The minimum atomic E-state index is -0.975. The van der Waals surface area contributed by atoms with Gasteiger partial charge in [-0.1, -0.05) is 0 Å². The first-order chi connectivity index (χ1) is 8.58. The smallest absolute Gasteiger partial charge is 0.327 e. The van der Waals surface area contributed by atoms with Crippen molar-refractivity contribution < 1.29 is 14.7 Å². The molecule has 0 radical (unpaired) electrons. The van der Waals surface area contributed by atoms with Gasteiger partial charge in [-0.2, -0.15) is 0 Å². The molecular formula is C11H13N3O3S. The fourth-order valence-electron chi connectivity index (χ4n) is 1.58. The Bertz CT molecular complexity index is 463. The van der Waals surface area contributed by atoms with Crippen LogP contribution in [0.25, 0.3) is 0 Å². The van der Waals surface area contributed by atoms with Gasteiger partial charge in [0.2, 0.25) is 0 Å². The Kier molecular flexibility index (Phi) is 3.71. The standard InChI is InChI=1S/C11H13N3O3S/c1-7-2-3-8(4-12-7)13-11(17)14-6-18-5-9(14)10(15)16/h2-4,9H,5-6H2,1H3,(H,13,17)(H,15,16). The summed E-state index contributed by atoms with van der Waals surface area (Å²) < 4.78 is 0. The topological polar surface area (TPSA) is 82.5 Å². The van der Waals surface area contributed by atoms with Gasteiger partial charge in [-0.25, -0.2) is 9.59 Å². The van der Waals surface area contributed by atoms with Crippen molar-refractivity contribution in [2.45, 2.75) is 13.0 Å². The van der Waals surface area contributed by atoms with E-state index in [4.69, 9.17) is 5.11 Å². The molecule has 2 N–H and O–H groups in total. The first-order valence-corrected chi connectivity index (χ1v) is 6.54. The molecule has 1 unspecified atom stereocenters. The van der Waals surface area contributed by atoms with Crippen LogP contribution in [0.1, 0.15) is 5.69 Å². The van der Waals surface area contributed by atoms with E-state index < -0.39 is 18.0 Å². The first-order valence-electron chi connectivity index (χ1n) is 5.39. The zero-order valence-electron chi connectivity index (χ0n) is 9.79. The van der Waals surface area contributed by atoms with Crippen molar-refractivity contribution in [2.24, 2.45) is 0 Å². The molecule has 18 heavy (non-hydrogen) atoms. The van der Waals surface area contributed by atoms with Crippen molar-refractivity contribution in [3.63, 3.8) is 0 Å². The number of aryl methyl sites for hydroxylation is 1. The lowest BCUT2D eigenvalue weighted by Gasteiger charge is -2.20. The monoisotopic (exact) mass is 267 g/mol. The molecule has 2 heterocycles. The number of carboxylic acids is 1. The van der Waals surface area contributed by atoms with E-state index in [9.17, 15) is 9.59 Å². The highest BCUT2D eigenvalue weighted by atomic mass is 32.2. The van der Waals surface area contributed by atoms with Gasteiger partial charge < -0.3 is 15.3 Å². The maximum Gasteiger partial charge on any atom is 0.327 e. The fourth-order valence-corrected chi connectivity index (χ4v) is 2.73. The Morgan fingerprint density at radius 1 is 1.56 bits per heavy atom. The minimum Gasteiger partial charge on any atom is -0.480 e. The van der Waals surface area contributed by atoms with Crippen molar-refractivity contribution >= 4 is 29.4 Å². The molecule has 7 heteroatoms. The molecule has 96 valence electrons. The molecule has 2 amide bonds. The Morgan fingerprint density at radius 3 is 2.94 bits per heavy atom. The number of carbonyl (C=O) groups excluding carboxylic acids is 1. The van der Waals surface area contributed by atoms with E-state index in [0.29, 0.717) is 17.3 Å². The predicted molar refractivity (Wildman–Crippen MR) is 68.6 cm³/mol. The molecule has 1 atom stereocenters. The highest BCUT2D eigenvalue weighted by Gasteiger charge is 2.34. The Balaban J connectivity index is 2.03. The molecule has 6 nitrogen and oxygen atoms in total. The number of amides is 2. The molecule has 0 aliphatic carbocycles. The molecule has 0 aromatic carbocycles. The number of nitrogens with zero attached hydrogens (tertiary/aromatic N) is 2. The van der Waals surface area contributed by atoms with Crippen LogP contribution >= 0.6 is 11.8 Å². The third kappa shape index (κ3) is 2.73. The molecule has 0 saturated carbocycles. The summed E-state index contributed by atoms with van der Waals surface area (Å²) in [5, 5.41) is 11.6. The molecule has 1 aromatic heterocycles. The van der Waals surface area contributed by atoms with Gasteiger partial charge in [0, 0.05) is 11.4 Å². The van der Waals surface area contributed by atoms with Gasteiger partial charge in [-0.3, -0.25) is 4.98 Å². The van der Waals surface area contributed by atoms with Crippen LogP contribution in [0.5, 0.6) is 0 Å². The minimum absolute atomic E-state index is 0.391. The van der Waals surface area contributed by atoms with E-state index in [2.05, 4.69) is 10.3 Å². The van der Waals surface area contributed by atoms with Gasteiger partial charge in [-0.15, -0.1) is 11.8 Å². The number of hydrogen-bond donors (Lipinski definition) is 2. The molecule has 1 fully saturated rings. The number of anilines is 1. The highest BCUT2D eigenvalue weighted by molar-refractivity contribution is 7.99. The lowest BCUT2D eigenvalue weighted by Crippen LogP contribution is -2.43. The average Bonchev–Trinajstić information content (AvgIpc) is 2.81. The van der Waals surface area contributed by atoms with Crippen LogP contribution in [0.4, 0.5) is 10.5 Å². The summed E-state index contributed by atoms with van der Waals surface area (Å²) in [5.74, 6) is -0.158. The van der Waals surface area contributed by atoms with Crippen molar-refractivity contribution in [3.8, 4) is 0 Å². The number of urea groups is 1. The SMILES string of the molecule is Cc1ccc(NC(=O)N2CSCC2C(=O)O)cn1. The van der Waals surface area contributed by atoms with Gasteiger partial charge in [0.1, 0.15) is 6.04 Å². The Morgan fingerprint density at radius 2 is 2.33 bits per heavy atom. The van der Waals surface area contributed by atoms with Gasteiger partial charge in [0.15, 0.2) is 0 Å². The fraction of sp³-hybridized carbons (Fsp3) is 0.364. The second-order valence-corrected chi connectivity index (χ2v) is 4.94. The number of rotatable bonds is 2. The predicted octanol–water partition coefficient (Wildman–Crippen LogP) is 1.38. The maximum atomic E-state index is 11.9. The number of nitrogens with one attached hydrogen (secondary N) is 1. The van der Waals surface area contributed by atoms with Crippen LogP contribution in [0.2, 0.25) is 0 Å².